The van der Waals surface area contributed by atoms with E-state index in [4.69, 9.17) is 4.74 Å². The van der Waals surface area contributed by atoms with Crippen LogP contribution in [0.3, 0.4) is 0 Å². The van der Waals surface area contributed by atoms with Crippen molar-refractivity contribution in [1.29, 1.82) is 0 Å². The van der Waals surface area contributed by atoms with Gasteiger partial charge >= 0.3 is 0 Å². The summed E-state index contributed by atoms with van der Waals surface area (Å²) in [5.74, 6) is 0.495. The molecule has 0 bridgehead atoms. The molecule has 1 aliphatic heterocycles. The average Bonchev–Trinajstić information content (AvgIpc) is 2.70. The molecular weight excluding hydrogens is 202 g/mol. The van der Waals surface area contributed by atoms with E-state index in [1.165, 1.54) is 5.56 Å². The lowest BCUT2D eigenvalue weighted by molar-refractivity contribution is -0.123. The monoisotopic (exact) mass is 219 g/mol. The number of nitrogens with one attached hydrogen (secondary N) is 1. The normalized spacial score (nSPS) is 17.9. The lowest BCUT2D eigenvalue weighted by Gasteiger charge is -2.08. The van der Waals surface area contributed by atoms with E-state index in [0.29, 0.717) is 18.9 Å². The second-order valence-corrected chi connectivity index (χ2v) is 4.05. The summed E-state index contributed by atoms with van der Waals surface area (Å²) in [6.07, 6.45) is 0.573. The second-order valence-electron chi connectivity index (χ2n) is 4.05. The Hall–Kier alpha value is -1.35. The van der Waals surface area contributed by atoms with E-state index in [9.17, 15) is 4.79 Å². The van der Waals surface area contributed by atoms with Gasteiger partial charge in [0.25, 0.3) is 0 Å². The van der Waals surface area contributed by atoms with E-state index in [1.807, 2.05) is 19.1 Å². The van der Waals surface area contributed by atoms with Crippen LogP contribution in [-0.2, 0) is 9.53 Å². The highest BCUT2D eigenvalue weighted by molar-refractivity contribution is 5.81. The lowest BCUT2D eigenvalue weighted by Crippen LogP contribution is -2.14. The fourth-order valence-electron chi connectivity index (χ4n) is 2.09. The zero-order valence-electron chi connectivity index (χ0n) is 9.53. The molecule has 0 radical (unpaired) electrons. The Balaban J connectivity index is 1.95. The number of para-hydroxylation sites is 1. The molecule has 1 aromatic rings. The van der Waals surface area contributed by atoms with Crippen LogP contribution in [-0.4, -0.2) is 25.5 Å². The van der Waals surface area contributed by atoms with Crippen molar-refractivity contribution in [3.05, 3.63) is 29.8 Å². The van der Waals surface area contributed by atoms with Crippen molar-refractivity contribution in [3.8, 4) is 0 Å². The Kier molecular flexibility index (Phi) is 3.57. The number of benzene rings is 1. The summed E-state index contributed by atoms with van der Waals surface area (Å²) >= 11 is 0. The number of ether oxygens (including phenoxy) is 1. The molecule has 0 fully saturated rings. The molecular formula is C13H17NO2. The quantitative estimate of drug-likeness (QED) is 0.825. The Morgan fingerprint density at radius 3 is 3.12 bits per heavy atom. The van der Waals surface area contributed by atoms with Gasteiger partial charge in [-0.1, -0.05) is 18.2 Å². The fourth-order valence-corrected chi connectivity index (χ4v) is 2.09. The van der Waals surface area contributed by atoms with Gasteiger partial charge in [-0.25, -0.2) is 0 Å². The van der Waals surface area contributed by atoms with Crippen LogP contribution >= 0.6 is 0 Å². The van der Waals surface area contributed by atoms with Crippen LogP contribution in [0.4, 0.5) is 5.69 Å². The zero-order chi connectivity index (χ0) is 11.4. The molecule has 0 spiro atoms. The third kappa shape index (κ3) is 2.42. The molecule has 1 atom stereocenters. The molecule has 0 saturated carbocycles. The van der Waals surface area contributed by atoms with Gasteiger partial charge in [-0.15, -0.1) is 0 Å². The molecule has 1 aliphatic rings. The molecule has 0 saturated heterocycles. The average molecular weight is 219 g/mol. The van der Waals surface area contributed by atoms with Crippen LogP contribution in [0.1, 0.15) is 24.8 Å². The maximum atomic E-state index is 11.6. The summed E-state index contributed by atoms with van der Waals surface area (Å²) in [4.78, 5) is 11.6. The summed E-state index contributed by atoms with van der Waals surface area (Å²) in [6.45, 7) is 3.61. The molecule has 1 aromatic carbocycles. The molecule has 1 heterocycles. The molecule has 1 N–H and O–H groups in total. The van der Waals surface area contributed by atoms with Crippen molar-refractivity contribution in [3.63, 3.8) is 0 Å². The Morgan fingerprint density at radius 1 is 1.50 bits per heavy atom. The predicted molar refractivity (Wildman–Crippen MR) is 63.8 cm³/mol. The molecule has 0 amide bonds. The molecule has 86 valence electrons. The number of carbonyl (C=O) groups excluding carboxylic acids is 1. The summed E-state index contributed by atoms with van der Waals surface area (Å²) in [5, 5.41) is 3.32. The minimum Gasteiger partial charge on any atom is -0.384 e. The standard InChI is InChI=1S/C13H17NO2/c1-2-16-9-11(15)7-10-8-14-13-6-4-3-5-12(10)13/h3-6,10,14H,2,7-9H2,1H3. The Labute approximate surface area is 95.8 Å². The lowest BCUT2D eigenvalue weighted by atomic mass is 9.96. The number of fused-ring (bicyclic) bond motifs is 1. The SMILES string of the molecule is CCOCC(=O)CC1CNc2ccccc21. The molecule has 2 rings (SSSR count). The van der Waals surface area contributed by atoms with Crippen molar-refractivity contribution in [2.24, 2.45) is 0 Å². The van der Waals surface area contributed by atoms with Gasteiger partial charge in [-0.2, -0.15) is 0 Å². The third-order valence-electron chi connectivity index (χ3n) is 2.88. The smallest absolute Gasteiger partial charge is 0.159 e. The van der Waals surface area contributed by atoms with Crippen molar-refractivity contribution in [1.82, 2.24) is 0 Å². The Bertz CT molecular complexity index is 376. The minimum atomic E-state index is 0.186. The summed E-state index contributed by atoms with van der Waals surface area (Å²) in [5.41, 5.74) is 2.42. The summed E-state index contributed by atoms with van der Waals surface area (Å²) < 4.78 is 5.12. The van der Waals surface area contributed by atoms with E-state index >= 15 is 0 Å². The number of anilines is 1. The number of hydrogen-bond acceptors (Lipinski definition) is 3. The van der Waals surface area contributed by atoms with E-state index in [2.05, 4.69) is 17.4 Å². The largest absolute Gasteiger partial charge is 0.384 e. The van der Waals surface area contributed by atoms with E-state index in [1.54, 1.807) is 0 Å². The van der Waals surface area contributed by atoms with Gasteiger partial charge in [0.1, 0.15) is 6.61 Å². The topological polar surface area (TPSA) is 38.3 Å². The van der Waals surface area contributed by atoms with Crippen LogP contribution in [0.15, 0.2) is 24.3 Å². The highest BCUT2D eigenvalue weighted by atomic mass is 16.5. The summed E-state index contributed by atoms with van der Waals surface area (Å²) in [7, 11) is 0. The second kappa shape index (κ2) is 5.12. The maximum Gasteiger partial charge on any atom is 0.159 e. The first-order chi connectivity index (χ1) is 7.81. The van der Waals surface area contributed by atoms with Gasteiger partial charge in [0.2, 0.25) is 0 Å². The molecule has 3 nitrogen and oxygen atoms in total. The van der Waals surface area contributed by atoms with Crippen LogP contribution in [0.25, 0.3) is 0 Å². The molecule has 0 aromatic heterocycles. The molecule has 0 aliphatic carbocycles. The van der Waals surface area contributed by atoms with E-state index < -0.39 is 0 Å². The van der Waals surface area contributed by atoms with Crippen LogP contribution < -0.4 is 5.32 Å². The fraction of sp³-hybridized carbons (Fsp3) is 0.462. The van der Waals surface area contributed by atoms with Crippen molar-refractivity contribution in [2.75, 3.05) is 25.1 Å². The first kappa shape index (κ1) is 11.1. The molecule has 16 heavy (non-hydrogen) atoms. The predicted octanol–water partition coefficient (Wildman–Crippen LogP) is 2.19. The number of rotatable bonds is 5. The number of ketones is 1. The minimum absolute atomic E-state index is 0.186. The zero-order valence-corrected chi connectivity index (χ0v) is 9.53. The third-order valence-corrected chi connectivity index (χ3v) is 2.88. The van der Waals surface area contributed by atoms with Crippen LogP contribution in [0.2, 0.25) is 0 Å². The van der Waals surface area contributed by atoms with Gasteiger partial charge in [0, 0.05) is 31.2 Å². The first-order valence-electron chi connectivity index (χ1n) is 5.73. The van der Waals surface area contributed by atoms with Crippen molar-refractivity contribution >= 4 is 11.5 Å². The van der Waals surface area contributed by atoms with Crippen LogP contribution in [0.5, 0.6) is 0 Å². The Morgan fingerprint density at radius 2 is 2.31 bits per heavy atom. The van der Waals surface area contributed by atoms with E-state index in [0.717, 1.165) is 12.2 Å². The highest BCUT2D eigenvalue weighted by Gasteiger charge is 2.23. The maximum absolute atomic E-state index is 11.6. The number of hydrogen-bond donors (Lipinski definition) is 1. The molecule has 3 heteroatoms. The van der Waals surface area contributed by atoms with Gasteiger partial charge < -0.3 is 10.1 Å². The first-order valence-corrected chi connectivity index (χ1v) is 5.73. The number of carbonyl (C=O) groups is 1. The molecule has 1 unspecified atom stereocenters. The van der Waals surface area contributed by atoms with Crippen molar-refractivity contribution < 1.29 is 9.53 Å². The highest BCUT2D eigenvalue weighted by Crippen LogP contribution is 2.33. The van der Waals surface area contributed by atoms with Gasteiger partial charge in [0.15, 0.2) is 5.78 Å². The van der Waals surface area contributed by atoms with Crippen LogP contribution in [0, 0.1) is 0 Å². The van der Waals surface area contributed by atoms with Gasteiger partial charge in [-0.05, 0) is 18.6 Å². The van der Waals surface area contributed by atoms with Gasteiger partial charge in [-0.3, -0.25) is 4.79 Å². The van der Waals surface area contributed by atoms with E-state index in [-0.39, 0.29) is 12.4 Å². The van der Waals surface area contributed by atoms with Crippen molar-refractivity contribution in [2.45, 2.75) is 19.3 Å². The summed E-state index contributed by atoms with van der Waals surface area (Å²) in [6, 6.07) is 8.18. The van der Waals surface area contributed by atoms with Gasteiger partial charge in [0.05, 0.1) is 0 Å². The number of Topliss-reactive ketones (excluding diaryl/α,β-unsaturated/α-hetero) is 1.